The summed E-state index contributed by atoms with van der Waals surface area (Å²) >= 11 is 0. The molecule has 3 N–H and O–H groups in total. The lowest BCUT2D eigenvalue weighted by molar-refractivity contribution is 1.05. The third kappa shape index (κ3) is 1.60. The molecule has 6 heteroatoms. The molecule has 110 valence electrons. The van der Waals surface area contributed by atoms with E-state index in [1.54, 1.807) is 18.6 Å². The number of aromatic nitrogens is 5. The van der Waals surface area contributed by atoms with Gasteiger partial charge in [0, 0.05) is 34.1 Å². The van der Waals surface area contributed by atoms with Crippen LogP contribution in [0.15, 0.2) is 55.2 Å². The standard InChI is InChI=1S/C17H12N6/c18-17-14(8-21-22-17)12-3-1-2-10-4-5-23-9-11-6-19-20-7-13(11)16(23)15(10)12/h1-9H,(H3,18,21,22). The number of hydrogen-bond donors (Lipinski definition) is 2. The topological polar surface area (TPSA) is 84.9 Å². The van der Waals surface area contributed by atoms with Gasteiger partial charge in [-0.05, 0) is 17.0 Å². The zero-order valence-corrected chi connectivity index (χ0v) is 12.1. The molecule has 0 unspecified atom stereocenters. The Bertz CT molecular complexity index is 1180. The molecule has 0 radical (unpaired) electrons. The molecule has 0 fully saturated rings. The highest BCUT2D eigenvalue weighted by Crippen LogP contribution is 2.36. The number of benzene rings is 1. The van der Waals surface area contributed by atoms with E-state index in [1.807, 2.05) is 6.07 Å². The number of aromatic amines is 1. The van der Waals surface area contributed by atoms with Crippen LogP contribution in [0.2, 0.25) is 0 Å². The highest BCUT2D eigenvalue weighted by molar-refractivity contribution is 6.16. The van der Waals surface area contributed by atoms with Crippen molar-refractivity contribution < 1.29 is 0 Å². The molecule has 5 rings (SSSR count). The smallest absolute Gasteiger partial charge is 0.126 e. The van der Waals surface area contributed by atoms with Gasteiger partial charge in [0.15, 0.2) is 0 Å². The maximum Gasteiger partial charge on any atom is 0.126 e. The van der Waals surface area contributed by atoms with Crippen LogP contribution in [0.5, 0.6) is 0 Å². The lowest BCUT2D eigenvalue weighted by atomic mass is 9.99. The van der Waals surface area contributed by atoms with E-state index in [2.05, 4.69) is 55.4 Å². The second-order valence-corrected chi connectivity index (χ2v) is 5.53. The summed E-state index contributed by atoms with van der Waals surface area (Å²) in [6.07, 6.45) is 9.47. The van der Waals surface area contributed by atoms with Crippen molar-refractivity contribution in [3.63, 3.8) is 0 Å². The van der Waals surface area contributed by atoms with Gasteiger partial charge >= 0.3 is 0 Å². The van der Waals surface area contributed by atoms with Crippen LogP contribution in [0.25, 0.3) is 38.2 Å². The SMILES string of the molecule is Nc1[nH]ncc1-c1cccc2ccn3cc4cnncc4c3c12. The number of H-pyrrole nitrogens is 1. The minimum Gasteiger partial charge on any atom is -0.384 e. The molecule has 0 aliphatic heterocycles. The fourth-order valence-electron chi connectivity index (χ4n) is 3.24. The molecule has 0 bridgehead atoms. The summed E-state index contributed by atoms with van der Waals surface area (Å²) in [5, 5.41) is 19.3. The van der Waals surface area contributed by atoms with Gasteiger partial charge < -0.3 is 10.1 Å². The number of fused-ring (bicyclic) bond motifs is 5. The van der Waals surface area contributed by atoms with Crippen LogP contribution in [0.3, 0.4) is 0 Å². The van der Waals surface area contributed by atoms with Crippen molar-refractivity contribution in [1.82, 2.24) is 24.8 Å². The van der Waals surface area contributed by atoms with E-state index < -0.39 is 0 Å². The molecular weight excluding hydrogens is 288 g/mol. The molecule has 0 amide bonds. The number of nitrogens with two attached hydrogens (primary N) is 1. The minimum absolute atomic E-state index is 0.565. The molecule has 5 aromatic rings. The Morgan fingerprint density at radius 1 is 0.957 bits per heavy atom. The van der Waals surface area contributed by atoms with E-state index in [9.17, 15) is 0 Å². The lowest BCUT2D eigenvalue weighted by Crippen LogP contribution is -1.91. The van der Waals surface area contributed by atoms with Crippen molar-refractivity contribution in [2.75, 3.05) is 5.73 Å². The van der Waals surface area contributed by atoms with E-state index in [0.717, 1.165) is 38.2 Å². The van der Waals surface area contributed by atoms with Crippen LogP contribution in [0, 0.1) is 0 Å². The van der Waals surface area contributed by atoms with Crippen LogP contribution < -0.4 is 5.73 Å². The maximum absolute atomic E-state index is 6.05. The van der Waals surface area contributed by atoms with Gasteiger partial charge in [-0.15, -0.1) is 0 Å². The molecular formula is C17H12N6. The minimum atomic E-state index is 0.565. The third-order valence-electron chi connectivity index (χ3n) is 4.26. The first-order valence-corrected chi connectivity index (χ1v) is 7.25. The highest BCUT2D eigenvalue weighted by atomic mass is 15.1. The van der Waals surface area contributed by atoms with Crippen molar-refractivity contribution in [3.05, 3.63) is 55.2 Å². The molecule has 0 saturated carbocycles. The Kier molecular flexibility index (Phi) is 2.27. The van der Waals surface area contributed by atoms with Gasteiger partial charge in [0.05, 0.1) is 24.1 Å². The van der Waals surface area contributed by atoms with Crippen molar-refractivity contribution in [2.45, 2.75) is 0 Å². The zero-order valence-electron chi connectivity index (χ0n) is 12.1. The largest absolute Gasteiger partial charge is 0.384 e. The van der Waals surface area contributed by atoms with Crippen LogP contribution in [-0.2, 0) is 0 Å². The summed E-state index contributed by atoms with van der Waals surface area (Å²) in [7, 11) is 0. The van der Waals surface area contributed by atoms with Gasteiger partial charge in [0.2, 0.25) is 0 Å². The zero-order chi connectivity index (χ0) is 15.4. The van der Waals surface area contributed by atoms with Gasteiger partial charge in [0.25, 0.3) is 0 Å². The van der Waals surface area contributed by atoms with E-state index >= 15 is 0 Å². The van der Waals surface area contributed by atoms with Gasteiger partial charge in [-0.1, -0.05) is 18.2 Å². The van der Waals surface area contributed by atoms with E-state index in [0.29, 0.717) is 5.82 Å². The summed E-state index contributed by atoms with van der Waals surface area (Å²) in [4.78, 5) is 0. The first-order valence-electron chi connectivity index (χ1n) is 7.25. The Labute approximate surface area is 130 Å². The average molecular weight is 300 g/mol. The summed E-state index contributed by atoms with van der Waals surface area (Å²) in [5.74, 6) is 0.565. The highest BCUT2D eigenvalue weighted by Gasteiger charge is 2.14. The Morgan fingerprint density at radius 3 is 2.74 bits per heavy atom. The van der Waals surface area contributed by atoms with Crippen molar-refractivity contribution in [2.24, 2.45) is 0 Å². The molecule has 4 heterocycles. The average Bonchev–Trinajstić information content (AvgIpc) is 3.17. The van der Waals surface area contributed by atoms with Crippen LogP contribution in [0.1, 0.15) is 0 Å². The number of nitrogens with one attached hydrogen (secondary N) is 1. The maximum atomic E-state index is 6.05. The molecule has 23 heavy (non-hydrogen) atoms. The lowest BCUT2D eigenvalue weighted by Gasteiger charge is -2.08. The summed E-state index contributed by atoms with van der Waals surface area (Å²) < 4.78 is 2.11. The normalized spacial score (nSPS) is 11.7. The Hall–Kier alpha value is -3.41. The third-order valence-corrected chi connectivity index (χ3v) is 4.26. The fraction of sp³-hybridized carbons (Fsp3) is 0. The van der Waals surface area contributed by atoms with Gasteiger partial charge in [0.1, 0.15) is 5.82 Å². The van der Waals surface area contributed by atoms with Crippen molar-refractivity contribution >= 4 is 32.9 Å². The fourth-order valence-corrected chi connectivity index (χ4v) is 3.24. The van der Waals surface area contributed by atoms with E-state index in [4.69, 9.17) is 5.73 Å². The molecule has 0 aliphatic carbocycles. The quantitative estimate of drug-likeness (QED) is 0.498. The number of nitrogens with zero attached hydrogens (tertiary/aromatic N) is 4. The molecule has 0 spiro atoms. The predicted octanol–water partition coefficient (Wildman–Crippen LogP) is 3.01. The number of nitrogen functional groups attached to an aromatic ring is 1. The van der Waals surface area contributed by atoms with Crippen LogP contribution in [-0.4, -0.2) is 24.8 Å². The van der Waals surface area contributed by atoms with Crippen molar-refractivity contribution in [3.8, 4) is 11.1 Å². The van der Waals surface area contributed by atoms with Crippen LogP contribution >= 0.6 is 0 Å². The summed E-state index contributed by atoms with van der Waals surface area (Å²) in [5.41, 5.74) is 9.10. The number of hydrogen-bond acceptors (Lipinski definition) is 4. The van der Waals surface area contributed by atoms with E-state index in [-0.39, 0.29) is 0 Å². The van der Waals surface area contributed by atoms with Crippen LogP contribution in [0.4, 0.5) is 5.82 Å². The molecule has 0 saturated heterocycles. The first-order chi connectivity index (χ1) is 11.3. The second kappa shape index (κ2) is 4.30. The molecule has 0 aliphatic rings. The van der Waals surface area contributed by atoms with Gasteiger partial charge in [-0.2, -0.15) is 15.3 Å². The van der Waals surface area contributed by atoms with Gasteiger partial charge in [-0.3, -0.25) is 5.10 Å². The molecule has 0 atom stereocenters. The Morgan fingerprint density at radius 2 is 1.87 bits per heavy atom. The number of pyridine rings is 1. The van der Waals surface area contributed by atoms with Crippen molar-refractivity contribution in [1.29, 1.82) is 0 Å². The first kappa shape index (κ1) is 12.2. The second-order valence-electron chi connectivity index (χ2n) is 5.53. The van der Waals surface area contributed by atoms with E-state index in [1.165, 1.54) is 0 Å². The number of anilines is 1. The predicted molar refractivity (Wildman–Crippen MR) is 90.0 cm³/mol. The van der Waals surface area contributed by atoms with Gasteiger partial charge in [-0.25, -0.2) is 0 Å². The molecule has 6 nitrogen and oxygen atoms in total. The Balaban J connectivity index is 2.06. The number of rotatable bonds is 1. The summed E-state index contributed by atoms with van der Waals surface area (Å²) in [6, 6.07) is 8.30. The molecule has 4 aromatic heterocycles. The molecule has 1 aromatic carbocycles. The monoisotopic (exact) mass is 300 g/mol. The summed E-state index contributed by atoms with van der Waals surface area (Å²) in [6.45, 7) is 0.